The molecule has 1 aromatic rings. The van der Waals surface area contributed by atoms with Gasteiger partial charge in [0.15, 0.2) is 0 Å². The van der Waals surface area contributed by atoms with E-state index in [9.17, 15) is 0 Å². The van der Waals surface area contributed by atoms with Crippen LogP contribution in [0.1, 0.15) is 42.5 Å². The highest BCUT2D eigenvalue weighted by atomic mass is 32.1. The van der Waals surface area contributed by atoms with Crippen LogP contribution in [0.3, 0.4) is 0 Å². The Hall–Kier alpha value is -0.410. The zero-order valence-corrected chi connectivity index (χ0v) is 11.4. The van der Waals surface area contributed by atoms with E-state index in [-0.39, 0.29) is 0 Å². The van der Waals surface area contributed by atoms with E-state index in [1.54, 1.807) is 0 Å². The highest BCUT2D eigenvalue weighted by molar-refractivity contribution is 7.11. The Morgan fingerprint density at radius 3 is 3.00 bits per heavy atom. The maximum Gasteiger partial charge on any atom is 0.0925 e. The van der Waals surface area contributed by atoms with Crippen molar-refractivity contribution in [2.45, 2.75) is 45.6 Å². The van der Waals surface area contributed by atoms with Crippen LogP contribution in [0.15, 0.2) is 6.20 Å². The lowest BCUT2D eigenvalue weighted by Gasteiger charge is -2.21. The molecule has 2 saturated carbocycles. The van der Waals surface area contributed by atoms with Crippen LogP contribution in [0.25, 0.3) is 0 Å². The van der Waals surface area contributed by atoms with Crippen LogP contribution in [0.5, 0.6) is 0 Å². The second kappa shape index (κ2) is 5.07. The number of thiazole rings is 1. The van der Waals surface area contributed by atoms with Gasteiger partial charge in [0, 0.05) is 17.6 Å². The van der Waals surface area contributed by atoms with E-state index in [1.807, 2.05) is 17.5 Å². The molecule has 0 aromatic carbocycles. The Bertz CT molecular complexity index is 374. The second-order valence-electron chi connectivity index (χ2n) is 5.64. The van der Waals surface area contributed by atoms with Gasteiger partial charge in [0.05, 0.1) is 5.01 Å². The average Bonchev–Trinajstić information content (AvgIpc) is 3.04. The quantitative estimate of drug-likeness (QED) is 0.868. The highest BCUT2D eigenvalue weighted by Gasteiger charge is 2.38. The Balaban J connectivity index is 1.43. The molecule has 0 aliphatic heterocycles. The van der Waals surface area contributed by atoms with Gasteiger partial charge in [-0.1, -0.05) is 13.3 Å². The summed E-state index contributed by atoms with van der Waals surface area (Å²) < 4.78 is 0. The summed E-state index contributed by atoms with van der Waals surface area (Å²) in [5, 5.41) is 4.90. The molecule has 0 spiro atoms. The summed E-state index contributed by atoms with van der Waals surface area (Å²) >= 11 is 1.86. The van der Waals surface area contributed by atoms with Crippen molar-refractivity contribution >= 4 is 11.3 Å². The lowest BCUT2D eigenvalue weighted by molar-refractivity contribution is 0.319. The smallest absolute Gasteiger partial charge is 0.0925 e. The maximum absolute atomic E-state index is 4.40. The minimum Gasteiger partial charge on any atom is -0.312 e. The summed E-state index contributed by atoms with van der Waals surface area (Å²) in [4.78, 5) is 5.80. The van der Waals surface area contributed by atoms with Crippen molar-refractivity contribution < 1.29 is 0 Å². The van der Waals surface area contributed by atoms with Gasteiger partial charge in [-0.2, -0.15) is 0 Å². The van der Waals surface area contributed by atoms with Crippen LogP contribution in [-0.2, 0) is 13.0 Å². The van der Waals surface area contributed by atoms with Crippen molar-refractivity contribution in [3.8, 4) is 0 Å². The zero-order valence-electron chi connectivity index (χ0n) is 10.6. The molecule has 1 N–H and O–H groups in total. The fourth-order valence-corrected chi connectivity index (χ4v) is 4.43. The first-order valence-electron chi connectivity index (χ1n) is 6.99. The molecule has 1 heterocycles. The first-order chi connectivity index (χ1) is 8.35. The number of aromatic nitrogens is 1. The van der Waals surface area contributed by atoms with Crippen molar-refractivity contribution in [2.24, 2.45) is 17.8 Å². The van der Waals surface area contributed by atoms with Crippen molar-refractivity contribution in [2.75, 3.05) is 6.54 Å². The summed E-state index contributed by atoms with van der Waals surface area (Å²) in [6.07, 6.45) is 9.12. The Kier molecular flexibility index (Phi) is 3.48. The van der Waals surface area contributed by atoms with Crippen LogP contribution >= 0.6 is 11.3 Å². The van der Waals surface area contributed by atoms with Gasteiger partial charge in [0.1, 0.15) is 0 Å². The van der Waals surface area contributed by atoms with E-state index < -0.39 is 0 Å². The van der Waals surface area contributed by atoms with Gasteiger partial charge in [0.2, 0.25) is 0 Å². The van der Waals surface area contributed by atoms with E-state index >= 15 is 0 Å². The predicted molar refractivity (Wildman–Crippen MR) is 72.1 cm³/mol. The minimum atomic E-state index is 0.965. The van der Waals surface area contributed by atoms with Crippen molar-refractivity contribution in [1.82, 2.24) is 10.3 Å². The van der Waals surface area contributed by atoms with Crippen molar-refractivity contribution in [3.63, 3.8) is 0 Å². The normalized spacial score (nSPS) is 31.2. The molecule has 2 fully saturated rings. The first kappa shape index (κ1) is 11.7. The minimum absolute atomic E-state index is 0.965. The fraction of sp³-hybridized carbons (Fsp3) is 0.786. The molecule has 3 rings (SSSR count). The molecular formula is C14H22N2S. The molecule has 2 bridgehead atoms. The van der Waals surface area contributed by atoms with Gasteiger partial charge in [-0.15, -0.1) is 11.3 Å². The molecule has 94 valence electrons. The number of fused-ring (bicyclic) bond motifs is 2. The van der Waals surface area contributed by atoms with Gasteiger partial charge >= 0.3 is 0 Å². The molecule has 3 heteroatoms. The third-order valence-electron chi connectivity index (χ3n) is 4.49. The number of hydrogen-bond donors (Lipinski definition) is 1. The predicted octanol–water partition coefficient (Wildman–Crippen LogP) is 3.23. The molecule has 2 aliphatic rings. The Morgan fingerprint density at radius 1 is 1.41 bits per heavy atom. The Labute approximate surface area is 108 Å². The largest absolute Gasteiger partial charge is 0.312 e. The number of rotatable bonds is 5. The Morgan fingerprint density at radius 2 is 2.35 bits per heavy atom. The summed E-state index contributed by atoms with van der Waals surface area (Å²) in [6.45, 7) is 4.41. The molecule has 3 unspecified atom stereocenters. The van der Waals surface area contributed by atoms with E-state index in [0.717, 1.165) is 30.7 Å². The highest BCUT2D eigenvalue weighted by Crippen LogP contribution is 2.47. The van der Waals surface area contributed by atoms with Crippen molar-refractivity contribution in [3.05, 3.63) is 16.1 Å². The number of nitrogens with zero attached hydrogens (tertiary/aromatic N) is 1. The van der Waals surface area contributed by atoms with Crippen LogP contribution in [-0.4, -0.2) is 11.5 Å². The van der Waals surface area contributed by atoms with E-state index in [4.69, 9.17) is 0 Å². The molecule has 2 nitrogen and oxygen atoms in total. The van der Waals surface area contributed by atoms with E-state index in [0.29, 0.717) is 0 Å². The standard InChI is InChI=1S/C14H22N2S/c1-2-14-16-9-13(17-14)8-15-7-12-6-10-3-4-11(12)5-10/h9-12,15H,2-8H2,1H3. The third-order valence-corrected chi connectivity index (χ3v) is 5.64. The molecule has 17 heavy (non-hydrogen) atoms. The molecule has 2 aliphatic carbocycles. The number of aryl methyl sites for hydroxylation is 1. The molecule has 0 radical (unpaired) electrons. The number of hydrogen-bond acceptors (Lipinski definition) is 3. The molecule has 3 atom stereocenters. The molecule has 0 saturated heterocycles. The van der Waals surface area contributed by atoms with E-state index in [1.165, 1.54) is 42.1 Å². The monoisotopic (exact) mass is 250 g/mol. The van der Waals surface area contributed by atoms with Crippen LogP contribution in [0.2, 0.25) is 0 Å². The van der Waals surface area contributed by atoms with Crippen LogP contribution in [0.4, 0.5) is 0 Å². The van der Waals surface area contributed by atoms with Gasteiger partial charge in [-0.3, -0.25) is 0 Å². The van der Waals surface area contributed by atoms with Gasteiger partial charge in [-0.05, 0) is 50.0 Å². The van der Waals surface area contributed by atoms with Crippen LogP contribution < -0.4 is 5.32 Å². The molecule has 1 aromatic heterocycles. The first-order valence-corrected chi connectivity index (χ1v) is 7.81. The van der Waals surface area contributed by atoms with Gasteiger partial charge in [-0.25, -0.2) is 4.98 Å². The summed E-state index contributed by atoms with van der Waals surface area (Å²) in [5.74, 6) is 3.08. The lowest BCUT2D eigenvalue weighted by Crippen LogP contribution is -2.25. The molecule has 0 amide bonds. The van der Waals surface area contributed by atoms with Gasteiger partial charge in [0.25, 0.3) is 0 Å². The van der Waals surface area contributed by atoms with Crippen LogP contribution in [0, 0.1) is 17.8 Å². The maximum atomic E-state index is 4.40. The zero-order chi connectivity index (χ0) is 11.7. The van der Waals surface area contributed by atoms with Gasteiger partial charge < -0.3 is 5.32 Å². The van der Waals surface area contributed by atoms with E-state index in [2.05, 4.69) is 17.2 Å². The summed E-state index contributed by atoms with van der Waals surface area (Å²) in [6, 6.07) is 0. The summed E-state index contributed by atoms with van der Waals surface area (Å²) in [5.41, 5.74) is 0. The summed E-state index contributed by atoms with van der Waals surface area (Å²) in [7, 11) is 0. The third kappa shape index (κ3) is 2.55. The second-order valence-corrected chi connectivity index (χ2v) is 6.84. The lowest BCUT2D eigenvalue weighted by atomic mass is 9.89. The topological polar surface area (TPSA) is 24.9 Å². The SMILES string of the molecule is CCc1ncc(CNCC2CC3CCC2C3)s1. The fourth-order valence-electron chi connectivity index (χ4n) is 3.60. The van der Waals surface area contributed by atoms with Crippen molar-refractivity contribution in [1.29, 1.82) is 0 Å². The average molecular weight is 250 g/mol. The number of nitrogens with one attached hydrogen (secondary N) is 1. The molecular weight excluding hydrogens is 228 g/mol.